The van der Waals surface area contributed by atoms with Crippen LogP contribution in [0.3, 0.4) is 0 Å². The number of nitrogens with zero attached hydrogens (tertiary/aromatic N) is 2. The van der Waals surface area contributed by atoms with E-state index >= 15 is 0 Å². The highest BCUT2D eigenvalue weighted by Crippen LogP contribution is 2.21. The third-order valence-corrected chi connectivity index (χ3v) is 2.88. The first-order valence-electron chi connectivity index (χ1n) is 5.91. The highest BCUT2D eigenvalue weighted by atomic mass is 16.5. The van der Waals surface area contributed by atoms with Crippen LogP contribution in [-0.4, -0.2) is 16.2 Å². The van der Waals surface area contributed by atoms with E-state index in [4.69, 9.17) is 4.74 Å². The Labute approximate surface area is 102 Å². The molecule has 0 saturated heterocycles. The molecule has 90 valence electrons. The average Bonchev–Trinajstić information content (AvgIpc) is 2.76. The molecule has 0 aliphatic heterocycles. The number of benzene rings is 1. The molecule has 0 saturated carbocycles. The Morgan fingerprint density at radius 1 is 1.29 bits per heavy atom. The molecular weight excluding hydrogens is 212 g/mol. The summed E-state index contributed by atoms with van der Waals surface area (Å²) in [5.74, 6) is 0.987. The fourth-order valence-corrected chi connectivity index (χ4v) is 1.89. The highest BCUT2D eigenvalue weighted by Gasteiger charge is 2.06. The average molecular weight is 230 g/mol. The molecule has 0 bridgehead atoms. The SMILES string of the molecule is CCOC(C)c1ccc(-c2nccn2C)cc1. The minimum absolute atomic E-state index is 0.149. The summed E-state index contributed by atoms with van der Waals surface area (Å²) in [7, 11) is 2.00. The van der Waals surface area contributed by atoms with E-state index in [1.807, 2.05) is 30.9 Å². The van der Waals surface area contributed by atoms with Crippen LogP contribution in [0.25, 0.3) is 11.4 Å². The monoisotopic (exact) mass is 230 g/mol. The molecule has 0 aliphatic rings. The number of aryl methyl sites for hydroxylation is 1. The molecule has 0 N–H and O–H groups in total. The number of imidazole rings is 1. The first-order chi connectivity index (χ1) is 8.22. The van der Waals surface area contributed by atoms with Gasteiger partial charge in [-0.1, -0.05) is 24.3 Å². The van der Waals surface area contributed by atoms with Gasteiger partial charge in [0, 0.05) is 31.6 Å². The lowest BCUT2D eigenvalue weighted by atomic mass is 10.1. The van der Waals surface area contributed by atoms with E-state index in [1.165, 1.54) is 5.56 Å². The fourth-order valence-electron chi connectivity index (χ4n) is 1.89. The number of rotatable bonds is 4. The van der Waals surface area contributed by atoms with E-state index in [-0.39, 0.29) is 6.10 Å². The van der Waals surface area contributed by atoms with E-state index in [9.17, 15) is 0 Å². The first-order valence-corrected chi connectivity index (χ1v) is 5.91. The molecule has 3 nitrogen and oxygen atoms in total. The third-order valence-electron chi connectivity index (χ3n) is 2.88. The zero-order chi connectivity index (χ0) is 12.3. The van der Waals surface area contributed by atoms with Gasteiger partial charge in [-0.3, -0.25) is 0 Å². The molecule has 3 heteroatoms. The van der Waals surface area contributed by atoms with E-state index in [1.54, 1.807) is 0 Å². The van der Waals surface area contributed by atoms with Crippen LogP contribution in [0.4, 0.5) is 0 Å². The molecule has 1 unspecified atom stereocenters. The zero-order valence-corrected chi connectivity index (χ0v) is 10.6. The van der Waals surface area contributed by atoms with Gasteiger partial charge in [0.05, 0.1) is 6.10 Å². The van der Waals surface area contributed by atoms with Gasteiger partial charge in [0.1, 0.15) is 5.82 Å². The van der Waals surface area contributed by atoms with Crippen LogP contribution in [0, 0.1) is 0 Å². The van der Waals surface area contributed by atoms with Crippen molar-refractivity contribution in [2.24, 2.45) is 7.05 Å². The quantitative estimate of drug-likeness (QED) is 0.806. The maximum absolute atomic E-state index is 5.56. The molecule has 1 atom stereocenters. The van der Waals surface area contributed by atoms with Gasteiger partial charge in [-0.25, -0.2) is 4.98 Å². The summed E-state index contributed by atoms with van der Waals surface area (Å²) in [6.07, 6.45) is 3.91. The standard InChI is InChI=1S/C14H18N2O/c1-4-17-11(2)12-5-7-13(8-6-12)14-15-9-10-16(14)3/h5-11H,4H2,1-3H3. The normalized spacial score (nSPS) is 12.6. The third kappa shape index (κ3) is 2.56. The van der Waals surface area contributed by atoms with Gasteiger partial charge in [0.2, 0.25) is 0 Å². The molecular formula is C14H18N2O. The van der Waals surface area contributed by atoms with E-state index in [0.29, 0.717) is 0 Å². The van der Waals surface area contributed by atoms with E-state index < -0.39 is 0 Å². The summed E-state index contributed by atoms with van der Waals surface area (Å²) in [5.41, 5.74) is 2.33. The van der Waals surface area contributed by atoms with Crippen LogP contribution in [0.15, 0.2) is 36.7 Å². The van der Waals surface area contributed by atoms with Crippen molar-refractivity contribution in [3.8, 4) is 11.4 Å². The van der Waals surface area contributed by atoms with Gasteiger partial charge in [0.25, 0.3) is 0 Å². The van der Waals surface area contributed by atoms with Gasteiger partial charge < -0.3 is 9.30 Å². The predicted molar refractivity (Wildman–Crippen MR) is 68.7 cm³/mol. The van der Waals surface area contributed by atoms with E-state index in [0.717, 1.165) is 18.0 Å². The smallest absolute Gasteiger partial charge is 0.139 e. The van der Waals surface area contributed by atoms with Crippen LogP contribution in [0.1, 0.15) is 25.5 Å². The Morgan fingerprint density at radius 2 is 2.00 bits per heavy atom. The second-order valence-corrected chi connectivity index (χ2v) is 4.08. The molecule has 2 rings (SSSR count). The topological polar surface area (TPSA) is 27.1 Å². The Kier molecular flexibility index (Phi) is 3.59. The summed E-state index contributed by atoms with van der Waals surface area (Å²) in [6, 6.07) is 8.38. The molecule has 2 aromatic rings. The minimum atomic E-state index is 0.149. The number of ether oxygens (including phenoxy) is 1. The van der Waals surface area contributed by atoms with Gasteiger partial charge in [-0.15, -0.1) is 0 Å². The maximum atomic E-state index is 5.56. The van der Waals surface area contributed by atoms with Crippen molar-refractivity contribution in [3.05, 3.63) is 42.2 Å². The van der Waals surface area contributed by atoms with Crippen molar-refractivity contribution in [1.82, 2.24) is 9.55 Å². The van der Waals surface area contributed by atoms with Crippen molar-refractivity contribution in [3.63, 3.8) is 0 Å². The molecule has 0 amide bonds. The second-order valence-electron chi connectivity index (χ2n) is 4.08. The highest BCUT2D eigenvalue weighted by molar-refractivity contribution is 5.56. The molecule has 1 aromatic carbocycles. The van der Waals surface area contributed by atoms with Crippen molar-refractivity contribution in [2.45, 2.75) is 20.0 Å². The lowest BCUT2D eigenvalue weighted by molar-refractivity contribution is 0.0764. The van der Waals surface area contributed by atoms with Gasteiger partial charge >= 0.3 is 0 Å². The number of aromatic nitrogens is 2. The maximum Gasteiger partial charge on any atom is 0.139 e. The lowest BCUT2D eigenvalue weighted by Gasteiger charge is -2.12. The Morgan fingerprint density at radius 3 is 2.53 bits per heavy atom. The zero-order valence-electron chi connectivity index (χ0n) is 10.6. The van der Waals surface area contributed by atoms with Crippen molar-refractivity contribution < 1.29 is 4.74 Å². The lowest BCUT2D eigenvalue weighted by Crippen LogP contribution is -1.99. The first kappa shape index (κ1) is 11.9. The summed E-state index contributed by atoms with van der Waals surface area (Å²) in [6.45, 7) is 4.82. The van der Waals surface area contributed by atoms with Crippen LogP contribution in [0.2, 0.25) is 0 Å². The van der Waals surface area contributed by atoms with Crippen LogP contribution in [0.5, 0.6) is 0 Å². The van der Waals surface area contributed by atoms with Crippen molar-refractivity contribution in [1.29, 1.82) is 0 Å². The van der Waals surface area contributed by atoms with Gasteiger partial charge in [0.15, 0.2) is 0 Å². The molecule has 0 fully saturated rings. The van der Waals surface area contributed by atoms with Crippen LogP contribution in [-0.2, 0) is 11.8 Å². The van der Waals surface area contributed by atoms with Crippen molar-refractivity contribution in [2.75, 3.05) is 6.61 Å². The predicted octanol–water partition coefficient (Wildman–Crippen LogP) is 3.18. The largest absolute Gasteiger partial charge is 0.374 e. The van der Waals surface area contributed by atoms with Crippen LogP contribution < -0.4 is 0 Å². The molecule has 1 aromatic heterocycles. The molecule has 17 heavy (non-hydrogen) atoms. The molecule has 0 aliphatic carbocycles. The second kappa shape index (κ2) is 5.15. The Bertz CT molecular complexity index is 473. The Hall–Kier alpha value is -1.61. The summed E-state index contributed by atoms with van der Waals surface area (Å²) in [5, 5.41) is 0. The fraction of sp³-hybridized carbons (Fsp3) is 0.357. The minimum Gasteiger partial charge on any atom is -0.374 e. The number of hydrogen-bond donors (Lipinski definition) is 0. The Balaban J connectivity index is 2.21. The summed E-state index contributed by atoms with van der Waals surface area (Å²) in [4.78, 5) is 4.33. The van der Waals surface area contributed by atoms with Gasteiger partial charge in [-0.05, 0) is 19.4 Å². The van der Waals surface area contributed by atoms with Crippen molar-refractivity contribution >= 4 is 0 Å². The summed E-state index contributed by atoms with van der Waals surface area (Å²) >= 11 is 0. The van der Waals surface area contributed by atoms with Crippen LogP contribution >= 0.6 is 0 Å². The van der Waals surface area contributed by atoms with E-state index in [2.05, 4.69) is 36.2 Å². The molecule has 0 spiro atoms. The molecule has 1 heterocycles. The molecule has 0 radical (unpaired) electrons. The number of hydrogen-bond acceptors (Lipinski definition) is 2. The van der Waals surface area contributed by atoms with Gasteiger partial charge in [-0.2, -0.15) is 0 Å². The summed E-state index contributed by atoms with van der Waals surface area (Å²) < 4.78 is 7.58.